The molecule has 1 unspecified atom stereocenters. The smallest absolute Gasteiger partial charge is 0.239 e. The summed E-state index contributed by atoms with van der Waals surface area (Å²) in [4.78, 5) is 6.46. The Kier molecular flexibility index (Phi) is 5.69. The number of likely N-dealkylation sites (tertiary alicyclic amines) is 1. The van der Waals surface area contributed by atoms with E-state index in [1.54, 1.807) is 6.92 Å². The van der Waals surface area contributed by atoms with Crippen molar-refractivity contribution in [1.82, 2.24) is 15.0 Å². The quantitative estimate of drug-likeness (QED) is 0.813. The van der Waals surface area contributed by atoms with E-state index in [2.05, 4.69) is 34.2 Å². The van der Waals surface area contributed by atoms with Gasteiger partial charge in [0.25, 0.3) is 0 Å². The monoisotopic (exact) mass is 367 g/mol. The number of rotatable bonds is 5. The third-order valence-electron chi connectivity index (χ3n) is 4.49. The van der Waals surface area contributed by atoms with Crippen LogP contribution in [-0.4, -0.2) is 45.1 Å². The molecule has 0 aliphatic carbocycles. The van der Waals surface area contributed by atoms with Crippen LogP contribution in [0, 0.1) is 12.8 Å². The molecule has 24 heavy (non-hydrogen) atoms. The number of halogens is 1. The largest absolute Gasteiger partial charge is 0.338 e. The van der Waals surface area contributed by atoms with Crippen molar-refractivity contribution in [3.05, 3.63) is 46.6 Å². The summed E-state index contributed by atoms with van der Waals surface area (Å²) in [5.74, 6) is 2.76. The predicted molar refractivity (Wildman–Crippen MR) is 95.5 cm³/mol. The second-order valence-corrected chi connectivity index (χ2v) is 8.39. The van der Waals surface area contributed by atoms with Crippen LogP contribution in [0.15, 0.2) is 28.8 Å². The first-order valence-corrected chi connectivity index (χ1v) is 9.96. The minimum atomic E-state index is -1.02. The molecule has 0 amide bonds. The third kappa shape index (κ3) is 4.43. The normalized spacial score (nSPS) is 23.3. The highest BCUT2D eigenvalue weighted by molar-refractivity contribution is 7.84. The van der Waals surface area contributed by atoms with E-state index < -0.39 is 10.8 Å². The van der Waals surface area contributed by atoms with Crippen LogP contribution in [0.1, 0.15) is 29.6 Å². The van der Waals surface area contributed by atoms with Crippen molar-refractivity contribution in [2.75, 3.05) is 25.9 Å². The van der Waals surface area contributed by atoms with Crippen LogP contribution < -0.4 is 0 Å². The molecule has 1 saturated heterocycles. The highest BCUT2D eigenvalue weighted by atomic mass is 35.5. The van der Waals surface area contributed by atoms with Crippen molar-refractivity contribution in [2.24, 2.45) is 5.92 Å². The Balaban J connectivity index is 1.69. The zero-order chi connectivity index (χ0) is 17.1. The molecule has 1 aromatic heterocycles. The summed E-state index contributed by atoms with van der Waals surface area (Å²) in [6.07, 6.45) is 1.07. The van der Waals surface area contributed by atoms with Crippen LogP contribution in [0.5, 0.6) is 0 Å². The Morgan fingerprint density at radius 2 is 2.12 bits per heavy atom. The van der Waals surface area contributed by atoms with Gasteiger partial charge in [0.15, 0.2) is 5.82 Å². The number of aryl methyl sites for hydroxylation is 1. The molecule has 2 aromatic rings. The lowest BCUT2D eigenvalue weighted by Crippen LogP contribution is -2.39. The summed E-state index contributed by atoms with van der Waals surface area (Å²) < 4.78 is 17.7. The van der Waals surface area contributed by atoms with Crippen molar-refractivity contribution in [3.8, 4) is 0 Å². The van der Waals surface area contributed by atoms with Gasteiger partial charge < -0.3 is 9.42 Å². The van der Waals surface area contributed by atoms with E-state index in [9.17, 15) is 4.21 Å². The average Bonchev–Trinajstić information content (AvgIpc) is 2.93. The molecule has 7 heteroatoms. The van der Waals surface area contributed by atoms with E-state index in [1.165, 1.54) is 5.56 Å². The van der Waals surface area contributed by atoms with Crippen LogP contribution in [0.25, 0.3) is 0 Å². The van der Waals surface area contributed by atoms with Gasteiger partial charge in [-0.05, 0) is 56.5 Å². The molecule has 1 fully saturated rings. The second kappa shape index (κ2) is 7.76. The highest BCUT2D eigenvalue weighted by Crippen LogP contribution is 2.34. The van der Waals surface area contributed by atoms with Crippen molar-refractivity contribution >= 4 is 22.4 Å². The number of hydrogen-bond acceptors (Lipinski definition) is 5. The predicted octanol–water partition coefficient (Wildman–Crippen LogP) is 3.02. The number of hydrogen-bond donors (Lipinski definition) is 0. The Bertz CT molecular complexity index is 704. The fourth-order valence-electron chi connectivity index (χ4n) is 3.37. The maximum Gasteiger partial charge on any atom is 0.239 e. The molecule has 2 heterocycles. The molecule has 130 valence electrons. The van der Waals surface area contributed by atoms with Gasteiger partial charge in [0.05, 0.1) is 0 Å². The van der Waals surface area contributed by atoms with Crippen molar-refractivity contribution in [2.45, 2.75) is 25.0 Å². The van der Waals surface area contributed by atoms with Gasteiger partial charge >= 0.3 is 0 Å². The number of nitrogens with zero attached hydrogens (tertiary/aromatic N) is 3. The molecule has 1 aliphatic heterocycles. The van der Waals surface area contributed by atoms with Gasteiger partial charge in [0.1, 0.15) is 5.75 Å². The first-order valence-electron chi connectivity index (χ1n) is 8.09. The highest BCUT2D eigenvalue weighted by Gasteiger charge is 2.30. The Morgan fingerprint density at radius 3 is 2.79 bits per heavy atom. The van der Waals surface area contributed by atoms with E-state index >= 15 is 0 Å². The van der Waals surface area contributed by atoms with Crippen LogP contribution in [-0.2, 0) is 16.6 Å². The number of benzene rings is 1. The molecule has 5 nitrogen and oxygen atoms in total. The molecule has 0 N–H and O–H groups in total. The molecular formula is C17H22ClN3O2S. The zero-order valence-electron chi connectivity index (χ0n) is 13.9. The van der Waals surface area contributed by atoms with Gasteiger partial charge in [-0.3, -0.25) is 4.21 Å². The molecule has 0 bridgehead atoms. The van der Waals surface area contributed by atoms with Gasteiger partial charge in [-0.1, -0.05) is 28.9 Å². The fourth-order valence-corrected chi connectivity index (χ4v) is 4.82. The Hall–Kier alpha value is -1.24. The topological polar surface area (TPSA) is 59.2 Å². The molecule has 1 aromatic carbocycles. The van der Waals surface area contributed by atoms with E-state index in [4.69, 9.17) is 16.1 Å². The summed E-state index contributed by atoms with van der Waals surface area (Å²) in [5.41, 5.74) is 1.28. The molecule has 3 atom stereocenters. The minimum Gasteiger partial charge on any atom is -0.338 e. The number of piperidine rings is 1. The van der Waals surface area contributed by atoms with Crippen LogP contribution >= 0.6 is 11.6 Å². The van der Waals surface area contributed by atoms with Crippen molar-refractivity contribution in [1.29, 1.82) is 0 Å². The molecule has 1 aliphatic rings. The summed E-state index contributed by atoms with van der Waals surface area (Å²) >= 11 is 6.01. The lowest BCUT2D eigenvalue weighted by molar-refractivity contribution is 0.198. The van der Waals surface area contributed by atoms with Crippen molar-refractivity contribution in [3.63, 3.8) is 0 Å². The minimum absolute atomic E-state index is 0.328. The van der Waals surface area contributed by atoms with Crippen LogP contribution in [0.3, 0.4) is 0 Å². The van der Waals surface area contributed by atoms with Gasteiger partial charge in [0.2, 0.25) is 5.89 Å². The molecule has 0 spiro atoms. The van der Waals surface area contributed by atoms with Gasteiger partial charge in [0, 0.05) is 28.1 Å². The van der Waals surface area contributed by atoms with Crippen LogP contribution in [0.4, 0.5) is 0 Å². The molecule has 0 saturated carbocycles. The van der Waals surface area contributed by atoms with Gasteiger partial charge in [-0.2, -0.15) is 4.98 Å². The molecule has 0 radical (unpaired) electrons. The van der Waals surface area contributed by atoms with Crippen LogP contribution in [0.2, 0.25) is 5.02 Å². The number of aromatic nitrogens is 2. The average molecular weight is 368 g/mol. The first-order chi connectivity index (χ1) is 11.5. The summed E-state index contributed by atoms with van der Waals surface area (Å²) in [6.45, 7) is 3.77. The van der Waals surface area contributed by atoms with E-state index in [0.29, 0.717) is 35.1 Å². The lowest BCUT2D eigenvalue weighted by Gasteiger charge is -2.37. The fraction of sp³-hybridized carbons (Fsp3) is 0.529. The molecular weight excluding hydrogens is 346 g/mol. The van der Waals surface area contributed by atoms with E-state index in [0.717, 1.165) is 24.5 Å². The Labute approximate surface area is 149 Å². The molecule has 3 rings (SSSR count). The van der Waals surface area contributed by atoms with Gasteiger partial charge in [-0.25, -0.2) is 0 Å². The summed E-state index contributed by atoms with van der Waals surface area (Å²) in [7, 11) is 1.10. The standard InChI is InChI=1S/C17H22ClN3O2S/c1-12-19-17(23-20-12)11-24(22)10-14-9-21(2)8-7-16(14)13-3-5-15(18)6-4-13/h3-6,14,16H,7-11H2,1-2H3/t14-,16-,24?/m1/s1. The zero-order valence-corrected chi connectivity index (χ0v) is 15.5. The summed E-state index contributed by atoms with van der Waals surface area (Å²) in [6, 6.07) is 8.06. The second-order valence-electron chi connectivity index (χ2n) is 6.46. The summed E-state index contributed by atoms with van der Waals surface area (Å²) in [5, 5.41) is 4.51. The van der Waals surface area contributed by atoms with E-state index in [1.807, 2.05) is 12.1 Å². The van der Waals surface area contributed by atoms with Crippen molar-refractivity contribution < 1.29 is 8.73 Å². The first kappa shape index (κ1) is 17.6. The lowest BCUT2D eigenvalue weighted by atomic mass is 9.81. The maximum absolute atomic E-state index is 12.6. The van der Waals surface area contributed by atoms with E-state index in [-0.39, 0.29) is 0 Å². The maximum atomic E-state index is 12.6. The van der Waals surface area contributed by atoms with Gasteiger partial charge in [-0.15, -0.1) is 0 Å². The Morgan fingerprint density at radius 1 is 1.38 bits per heavy atom. The SMILES string of the molecule is Cc1noc(CS(=O)C[C@H]2CN(C)CC[C@@H]2c2ccc(Cl)cc2)n1. The third-order valence-corrected chi connectivity index (χ3v) is 6.11.